The van der Waals surface area contributed by atoms with E-state index in [2.05, 4.69) is 20.3 Å². The topological polar surface area (TPSA) is 102 Å². The molecule has 22 heavy (non-hydrogen) atoms. The molecule has 0 fully saturated rings. The molecule has 2 N–H and O–H groups in total. The number of carboxylic acid groups (broad SMARTS) is 1. The van der Waals surface area contributed by atoms with Crippen LogP contribution in [0, 0.1) is 0 Å². The Morgan fingerprint density at radius 3 is 2.73 bits per heavy atom. The lowest BCUT2D eigenvalue weighted by Crippen LogP contribution is -2.13. The van der Waals surface area contributed by atoms with Gasteiger partial charge in [-0.3, -0.25) is 9.36 Å². The summed E-state index contributed by atoms with van der Waals surface area (Å²) >= 11 is 0. The van der Waals surface area contributed by atoms with Crippen LogP contribution in [0.25, 0.3) is 16.9 Å². The number of anilines is 1. The van der Waals surface area contributed by atoms with Gasteiger partial charge in [0.25, 0.3) is 0 Å². The monoisotopic (exact) mass is 299 g/mol. The van der Waals surface area contributed by atoms with Gasteiger partial charge in [-0.05, 0) is 24.3 Å². The van der Waals surface area contributed by atoms with Crippen molar-refractivity contribution in [1.29, 1.82) is 0 Å². The summed E-state index contributed by atoms with van der Waals surface area (Å²) in [5.74, 6) is 0.174. The number of nitrogens with zero attached hydrogens (tertiary/aromatic N) is 4. The molecule has 112 valence electrons. The third-order valence-corrected chi connectivity index (χ3v) is 3.09. The van der Waals surface area contributed by atoms with Gasteiger partial charge in [-0.2, -0.15) is 0 Å². The van der Waals surface area contributed by atoms with Gasteiger partial charge < -0.3 is 15.2 Å². The number of methoxy groups -OCH3 is 1. The molecule has 0 unspecified atom stereocenters. The molecule has 0 aliphatic rings. The molecule has 8 heteroatoms. The molecule has 2 heterocycles. The van der Waals surface area contributed by atoms with Crippen LogP contribution in [-0.4, -0.2) is 44.2 Å². The summed E-state index contributed by atoms with van der Waals surface area (Å²) in [5, 5.41) is 11.5. The predicted molar refractivity (Wildman–Crippen MR) is 79.3 cm³/mol. The van der Waals surface area contributed by atoms with Crippen LogP contribution >= 0.6 is 0 Å². The molecule has 0 amide bonds. The fraction of sp³-hybridized carbons (Fsp3) is 0.143. The zero-order chi connectivity index (χ0) is 15.5. The highest BCUT2D eigenvalue weighted by Gasteiger charge is 2.11. The predicted octanol–water partition coefficient (Wildman–Crippen LogP) is 1.32. The number of benzene rings is 1. The number of fused-ring (bicyclic) bond motifs is 1. The summed E-state index contributed by atoms with van der Waals surface area (Å²) in [6, 6.07) is 7.44. The highest BCUT2D eigenvalue weighted by atomic mass is 16.5. The number of hydrogen-bond donors (Lipinski definition) is 2. The number of aromatic nitrogens is 4. The van der Waals surface area contributed by atoms with Gasteiger partial charge in [-0.1, -0.05) is 0 Å². The first-order valence-electron chi connectivity index (χ1n) is 6.47. The van der Waals surface area contributed by atoms with Gasteiger partial charge in [-0.15, -0.1) is 0 Å². The van der Waals surface area contributed by atoms with Crippen molar-refractivity contribution in [3.63, 3.8) is 0 Å². The standard InChI is InChI=1S/C14H13N5O3/c1-22-10-4-2-9(3-5-10)19-8-18-12-13(15-6-11(20)21)16-7-17-14(12)19/h2-5,7-8H,6H2,1H3,(H,20,21)(H,15,16,17). The van der Waals surface area contributed by atoms with E-state index >= 15 is 0 Å². The van der Waals surface area contributed by atoms with Gasteiger partial charge in [0.05, 0.1) is 7.11 Å². The van der Waals surface area contributed by atoms with Gasteiger partial charge in [0.2, 0.25) is 0 Å². The van der Waals surface area contributed by atoms with E-state index in [0.717, 1.165) is 11.4 Å². The Kier molecular flexibility index (Phi) is 3.57. The first kappa shape index (κ1) is 13.8. The van der Waals surface area contributed by atoms with Gasteiger partial charge in [0.15, 0.2) is 17.0 Å². The minimum absolute atomic E-state index is 0.235. The van der Waals surface area contributed by atoms with E-state index in [4.69, 9.17) is 9.84 Å². The van der Waals surface area contributed by atoms with Gasteiger partial charge in [-0.25, -0.2) is 15.0 Å². The Labute approximate surface area is 125 Å². The normalized spacial score (nSPS) is 10.6. The summed E-state index contributed by atoms with van der Waals surface area (Å²) in [4.78, 5) is 23.2. The molecule has 0 saturated carbocycles. The second-order valence-electron chi connectivity index (χ2n) is 4.45. The summed E-state index contributed by atoms with van der Waals surface area (Å²) in [6.45, 7) is -0.235. The summed E-state index contributed by atoms with van der Waals surface area (Å²) in [5.41, 5.74) is 1.97. The van der Waals surface area contributed by atoms with Gasteiger partial charge >= 0.3 is 5.97 Å². The third-order valence-electron chi connectivity index (χ3n) is 3.09. The van der Waals surface area contributed by atoms with Crippen LogP contribution in [0.5, 0.6) is 5.75 Å². The Hall–Kier alpha value is -3.16. The third kappa shape index (κ3) is 2.53. The van der Waals surface area contributed by atoms with E-state index in [-0.39, 0.29) is 6.54 Å². The second-order valence-corrected chi connectivity index (χ2v) is 4.45. The maximum absolute atomic E-state index is 10.7. The number of nitrogens with one attached hydrogen (secondary N) is 1. The number of ether oxygens (including phenoxy) is 1. The largest absolute Gasteiger partial charge is 0.497 e. The smallest absolute Gasteiger partial charge is 0.322 e. The highest BCUT2D eigenvalue weighted by molar-refractivity contribution is 5.85. The molecular formula is C14H13N5O3. The number of rotatable bonds is 5. The van der Waals surface area contributed by atoms with E-state index in [1.54, 1.807) is 18.0 Å². The maximum Gasteiger partial charge on any atom is 0.322 e. The molecule has 3 aromatic rings. The van der Waals surface area contributed by atoms with Crippen molar-refractivity contribution < 1.29 is 14.6 Å². The number of aliphatic carboxylic acids is 1. The lowest BCUT2D eigenvalue weighted by molar-refractivity contribution is -0.134. The maximum atomic E-state index is 10.7. The molecular weight excluding hydrogens is 286 g/mol. The van der Waals surface area contributed by atoms with Crippen LogP contribution in [0.2, 0.25) is 0 Å². The van der Waals surface area contributed by atoms with Crippen LogP contribution in [0.1, 0.15) is 0 Å². The van der Waals surface area contributed by atoms with Crippen molar-refractivity contribution in [2.75, 3.05) is 19.0 Å². The van der Waals surface area contributed by atoms with Crippen molar-refractivity contribution in [2.45, 2.75) is 0 Å². The number of carboxylic acids is 1. The first-order chi connectivity index (χ1) is 10.7. The molecule has 0 radical (unpaired) electrons. The molecule has 0 aliphatic heterocycles. The lowest BCUT2D eigenvalue weighted by atomic mass is 10.3. The fourth-order valence-corrected chi connectivity index (χ4v) is 2.06. The van der Waals surface area contributed by atoms with E-state index in [1.165, 1.54) is 6.33 Å². The fourth-order valence-electron chi connectivity index (χ4n) is 2.06. The minimum Gasteiger partial charge on any atom is -0.497 e. The van der Waals surface area contributed by atoms with Crippen LogP contribution < -0.4 is 10.1 Å². The van der Waals surface area contributed by atoms with Gasteiger partial charge in [0.1, 0.15) is 24.9 Å². The molecule has 0 bridgehead atoms. The zero-order valence-corrected chi connectivity index (χ0v) is 11.7. The van der Waals surface area contributed by atoms with Crippen molar-refractivity contribution in [2.24, 2.45) is 0 Å². The van der Waals surface area contributed by atoms with E-state index < -0.39 is 5.97 Å². The van der Waals surface area contributed by atoms with Crippen molar-refractivity contribution >= 4 is 23.0 Å². The first-order valence-corrected chi connectivity index (χ1v) is 6.47. The van der Waals surface area contributed by atoms with Crippen molar-refractivity contribution in [3.8, 4) is 11.4 Å². The molecule has 0 atom stereocenters. The van der Waals surface area contributed by atoms with E-state index in [0.29, 0.717) is 17.0 Å². The van der Waals surface area contributed by atoms with Crippen LogP contribution in [-0.2, 0) is 4.79 Å². The van der Waals surface area contributed by atoms with Crippen LogP contribution in [0.4, 0.5) is 5.82 Å². The Balaban J connectivity index is 2.00. The minimum atomic E-state index is -0.971. The quantitative estimate of drug-likeness (QED) is 0.732. The Bertz CT molecular complexity index is 813. The number of hydrogen-bond acceptors (Lipinski definition) is 6. The molecule has 0 spiro atoms. The summed E-state index contributed by atoms with van der Waals surface area (Å²) in [6.07, 6.45) is 2.99. The number of carbonyl (C=O) groups is 1. The molecule has 8 nitrogen and oxygen atoms in total. The SMILES string of the molecule is COc1ccc(-n2cnc3c(NCC(=O)O)ncnc32)cc1. The van der Waals surface area contributed by atoms with E-state index in [9.17, 15) is 4.79 Å². The molecule has 1 aromatic carbocycles. The van der Waals surface area contributed by atoms with Crippen LogP contribution in [0.15, 0.2) is 36.9 Å². The van der Waals surface area contributed by atoms with Crippen molar-refractivity contribution in [3.05, 3.63) is 36.9 Å². The Morgan fingerprint density at radius 1 is 1.27 bits per heavy atom. The van der Waals surface area contributed by atoms with E-state index in [1.807, 2.05) is 24.3 Å². The van der Waals surface area contributed by atoms with Gasteiger partial charge in [0, 0.05) is 5.69 Å². The second kappa shape index (κ2) is 5.68. The summed E-state index contributed by atoms with van der Waals surface area (Å²) < 4.78 is 6.93. The highest BCUT2D eigenvalue weighted by Crippen LogP contribution is 2.22. The Morgan fingerprint density at radius 2 is 2.05 bits per heavy atom. The lowest BCUT2D eigenvalue weighted by Gasteiger charge is -2.06. The average molecular weight is 299 g/mol. The average Bonchev–Trinajstić information content (AvgIpc) is 2.97. The summed E-state index contributed by atoms with van der Waals surface area (Å²) in [7, 11) is 1.61. The molecule has 3 rings (SSSR count). The molecule has 0 aliphatic carbocycles. The molecule has 2 aromatic heterocycles. The van der Waals surface area contributed by atoms with Crippen LogP contribution in [0.3, 0.4) is 0 Å². The van der Waals surface area contributed by atoms with Crippen molar-refractivity contribution in [1.82, 2.24) is 19.5 Å². The molecule has 0 saturated heterocycles. The number of imidazole rings is 1. The zero-order valence-electron chi connectivity index (χ0n) is 11.7.